The molecule has 0 aliphatic rings. The standard InChI is InChI=1S/C25H27N5O4S/c1-5-14-30-22(17(3)26-23(32)18-11-7-6-10-16(18)2)28-29-25(30)35-15-21(31)27-20-13-9-8-12-19(20)24(33)34-4/h5-13,17H,1,14-15H2,2-4H3,(H,26,32)(H,27,31). The molecule has 3 rings (SSSR count). The largest absolute Gasteiger partial charge is 0.465 e. The number of carbonyl (C=O) groups excluding carboxylic acids is 3. The number of para-hydroxylation sites is 1. The van der Waals surface area contributed by atoms with Crippen molar-refractivity contribution in [2.75, 3.05) is 18.2 Å². The van der Waals surface area contributed by atoms with E-state index in [0.717, 1.165) is 5.56 Å². The summed E-state index contributed by atoms with van der Waals surface area (Å²) in [5, 5.41) is 14.7. The summed E-state index contributed by atoms with van der Waals surface area (Å²) in [6, 6.07) is 13.5. The van der Waals surface area contributed by atoms with E-state index in [1.165, 1.54) is 18.9 Å². The van der Waals surface area contributed by atoms with Crippen molar-refractivity contribution in [3.05, 3.63) is 83.7 Å². The topological polar surface area (TPSA) is 115 Å². The van der Waals surface area contributed by atoms with Crippen LogP contribution in [0.2, 0.25) is 0 Å². The smallest absolute Gasteiger partial charge is 0.339 e. The Labute approximate surface area is 208 Å². The van der Waals surface area contributed by atoms with Crippen molar-refractivity contribution in [1.29, 1.82) is 0 Å². The number of rotatable bonds is 10. The first-order chi connectivity index (χ1) is 16.8. The van der Waals surface area contributed by atoms with Crippen LogP contribution in [-0.4, -0.2) is 45.4 Å². The molecule has 9 nitrogen and oxygen atoms in total. The van der Waals surface area contributed by atoms with Gasteiger partial charge in [0.15, 0.2) is 11.0 Å². The Balaban J connectivity index is 1.69. The third-order valence-corrected chi connectivity index (χ3v) is 6.09. The monoisotopic (exact) mass is 493 g/mol. The van der Waals surface area contributed by atoms with E-state index in [9.17, 15) is 14.4 Å². The Kier molecular flexibility index (Phi) is 8.80. The maximum absolute atomic E-state index is 12.7. The third kappa shape index (κ3) is 6.36. The number of allylic oxidation sites excluding steroid dienone is 1. The summed E-state index contributed by atoms with van der Waals surface area (Å²) in [5.74, 6) is -0.477. The predicted molar refractivity (Wildman–Crippen MR) is 134 cm³/mol. The van der Waals surface area contributed by atoms with E-state index < -0.39 is 12.0 Å². The van der Waals surface area contributed by atoms with Crippen molar-refractivity contribution in [3.8, 4) is 0 Å². The molecule has 0 aliphatic heterocycles. The van der Waals surface area contributed by atoms with Gasteiger partial charge in [-0.15, -0.1) is 16.8 Å². The van der Waals surface area contributed by atoms with Crippen LogP contribution in [0.1, 0.15) is 45.1 Å². The molecule has 10 heteroatoms. The maximum Gasteiger partial charge on any atom is 0.339 e. The number of hydrogen-bond donors (Lipinski definition) is 2. The van der Waals surface area contributed by atoms with Crippen LogP contribution in [0.4, 0.5) is 5.69 Å². The number of nitrogens with zero attached hydrogens (tertiary/aromatic N) is 3. The van der Waals surface area contributed by atoms with Gasteiger partial charge in [0.05, 0.1) is 30.2 Å². The second-order valence-electron chi connectivity index (χ2n) is 7.62. The lowest BCUT2D eigenvalue weighted by Crippen LogP contribution is -2.29. The summed E-state index contributed by atoms with van der Waals surface area (Å²) in [7, 11) is 1.28. The fraction of sp³-hybridized carbons (Fsp3) is 0.240. The number of aromatic nitrogens is 3. The first kappa shape index (κ1) is 25.7. The molecule has 3 aromatic rings. The number of hydrogen-bond acceptors (Lipinski definition) is 7. The summed E-state index contributed by atoms with van der Waals surface area (Å²) in [6.07, 6.45) is 1.69. The number of amides is 2. The van der Waals surface area contributed by atoms with E-state index in [2.05, 4.69) is 27.4 Å². The fourth-order valence-corrected chi connectivity index (χ4v) is 4.15. The molecule has 1 atom stereocenters. The van der Waals surface area contributed by atoms with Crippen LogP contribution >= 0.6 is 11.8 Å². The fourth-order valence-electron chi connectivity index (χ4n) is 3.39. The highest BCUT2D eigenvalue weighted by Crippen LogP contribution is 2.22. The molecule has 0 fully saturated rings. The van der Waals surface area contributed by atoms with E-state index in [0.29, 0.717) is 28.8 Å². The molecule has 0 radical (unpaired) electrons. The summed E-state index contributed by atoms with van der Waals surface area (Å²) in [5.41, 5.74) is 2.10. The summed E-state index contributed by atoms with van der Waals surface area (Å²) in [4.78, 5) is 37.2. The van der Waals surface area contributed by atoms with Crippen LogP contribution in [-0.2, 0) is 16.1 Å². The van der Waals surface area contributed by atoms with Crippen molar-refractivity contribution in [3.63, 3.8) is 0 Å². The van der Waals surface area contributed by atoms with E-state index in [1.54, 1.807) is 41.0 Å². The summed E-state index contributed by atoms with van der Waals surface area (Å²) >= 11 is 1.19. The molecule has 182 valence electrons. The SMILES string of the molecule is C=CCn1c(SCC(=O)Nc2ccccc2C(=O)OC)nnc1C(C)NC(=O)c1ccccc1C. The zero-order valence-corrected chi connectivity index (χ0v) is 20.6. The van der Waals surface area contributed by atoms with E-state index in [4.69, 9.17) is 4.74 Å². The van der Waals surface area contributed by atoms with Crippen molar-refractivity contribution in [1.82, 2.24) is 20.1 Å². The van der Waals surface area contributed by atoms with Gasteiger partial charge in [0.25, 0.3) is 5.91 Å². The molecule has 0 spiro atoms. The van der Waals surface area contributed by atoms with Gasteiger partial charge in [-0.05, 0) is 37.6 Å². The van der Waals surface area contributed by atoms with Crippen LogP contribution < -0.4 is 10.6 Å². The van der Waals surface area contributed by atoms with E-state index >= 15 is 0 Å². The number of aryl methyl sites for hydroxylation is 1. The molecule has 0 saturated carbocycles. The van der Waals surface area contributed by atoms with Gasteiger partial charge in [-0.1, -0.05) is 48.2 Å². The van der Waals surface area contributed by atoms with Crippen molar-refractivity contribution in [2.45, 2.75) is 31.6 Å². The van der Waals surface area contributed by atoms with E-state index in [-0.39, 0.29) is 23.1 Å². The zero-order valence-electron chi connectivity index (χ0n) is 19.8. The molecule has 0 saturated heterocycles. The second-order valence-corrected chi connectivity index (χ2v) is 8.57. The highest BCUT2D eigenvalue weighted by Gasteiger charge is 2.21. The van der Waals surface area contributed by atoms with Crippen LogP contribution in [0.25, 0.3) is 0 Å². The number of benzene rings is 2. The van der Waals surface area contributed by atoms with Crippen molar-refractivity contribution in [2.24, 2.45) is 0 Å². The van der Waals surface area contributed by atoms with Crippen LogP contribution in [0, 0.1) is 6.92 Å². The second kappa shape index (κ2) is 12.0. The number of thioether (sulfide) groups is 1. The molecule has 1 heterocycles. The van der Waals surface area contributed by atoms with Crippen LogP contribution in [0.5, 0.6) is 0 Å². The quantitative estimate of drug-likeness (QED) is 0.251. The molecule has 0 aliphatic carbocycles. The van der Waals surface area contributed by atoms with Gasteiger partial charge < -0.3 is 19.9 Å². The number of carbonyl (C=O) groups is 3. The Hall–Kier alpha value is -3.92. The van der Waals surface area contributed by atoms with Gasteiger partial charge in [-0.25, -0.2) is 4.79 Å². The lowest BCUT2D eigenvalue weighted by Gasteiger charge is -2.16. The Morgan fingerprint density at radius 3 is 2.49 bits per heavy atom. The molecular weight excluding hydrogens is 466 g/mol. The first-order valence-electron chi connectivity index (χ1n) is 10.9. The van der Waals surface area contributed by atoms with Gasteiger partial charge in [-0.3, -0.25) is 9.59 Å². The van der Waals surface area contributed by atoms with Crippen LogP contribution in [0.15, 0.2) is 66.3 Å². The van der Waals surface area contributed by atoms with Gasteiger partial charge in [0.1, 0.15) is 0 Å². The third-order valence-electron chi connectivity index (χ3n) is 5.12. The predicted octanol–water partition coefficient (Wildman–Crippen LogP) is 3.78. The molecule has 0 bridgehead atoms. The minimum Gasteiger partial charge on any atom is -0.465 e. The molecule has 2 N–H and O–H groups in total. The lowest BCUT2D eigenvalue weighted by atomic mass is 10.1. The minimum atomic E-state index is -0.536. The van der Waals surface area contributed by atoms with Crippen molar-refractivity contribution < 1.29 is 19.1 Å². The molecule has 2 aromatic carbocycles. The number of nitrogens with one attached hydrogen (secondary N) is 2. The number of esters is 1. The average Bonchev–Trinajstić information content (AvgIpc) is 3.25. The number of anilines is 1. The number of ether oxygens (including phenoxy) is 1. The van der Waals surface area contributed by atoms with Crippen LogP contribution in [0.3, 0.4) is 0 Å². The van der Waals surface area contributed by atoms with E-state index in [1.807, 2.05) is 32.0 Å². The molecule has 35 heavy (non-hydrogen) atoms. The minimum absolute atomic E-state index is 0.0364. The highest BCUT2D eigenvalue weighted by molar-refractivity contribution is 7.99. The zero-order chi connectivity index (χ0) is 25.4. The van der Waals surface area contributed by atoms with Gasteiger partial charge in [0, 0.05) is 12.1 Å². The Morgan fingerprint density at radius 1 is 1.11 bits per heavy atom. The van der Waals surface area contributed by atoms with Gasteiger partial charge in [-0.2, -0.15) is 0 Å². The number of methoxy groups -OCH3 is 1. The van der Waals surface area contributed by atoms with Gasteiger partial charge in [0.2, 0.25) is 5.91 Å². The Bertz CT molecular complexity index is 1240. The molecule has 1 unspecified atom stereocenters. The van der Waals surface area contributed by atoms with Gasteiger partial charge >= 0.3 is 5.97 Å². The summed E-state index contributed by atoms with van der Waals surface area (Å²) < 4.78 is 6.56. The average molecular weight is 494 g/mol. The maximum atomic E-state index is 12.7. The molecule has 2 amide bonds. The normalized spacial score (nSPS) is 11.4. The highest BCUT2D eigenvalue weighted by atomic mass is 32.2. The Morgan fingerprint density at radius 2 is 1.80 bits per heavy atom. The molecular formula is C25H27N5O4S. The molecule has 1 aromatic heterocycles. The van der Waals surface area contributed by atoms with Crippen molar-refractivity contribution >= 4 is 35.2 Å². The summed E-state index contributed by atoms with van der Waals surface area (Å²) in [6.45, 7) is 7.89. The lowest BCUT2D eigenvalue weighted by molar-refractivity contribution is -0.113. The first-order valence-corrected chi connectivity index (χ1v) is 11.8.